The van der Waals surface area contributed by atoms with Gasteiger partial charge in [-0.05, 0) is 5.69 Å². The molecule has 0 aliphatic heterocycles. The van der Waals surface area contributed by atoms with Crippen molar-refractivity contribution in [3.63, 3.8) is 0 Å². The number of aromatic carboxylic acids is 1. The quantitative estimate of drug-likeness (QED) is 0.684. The summed E-state index contributed by atoms with van der Waals surface area (Å²) in [5, 5.41) is 11.0. The predicted octanol–water partition coefficient (Wildman–Crippen LogP) is 3.07. The first-order valence-corrected chi connectivity index (χ1v) is 4.74. The molecule has 18 heavy (non-hydrogen) atoms. The summed E-state index contributed by atoms with van der Waals surface area (Å²) < 4.78 is 0. The largest absolute Gasteiger partial charge is 0.521 e. The average molecular weight is 316 g/mol. The van der Waals surface area contributed by atoms with Crippen molar-refractivity contribution in [3.05, 3.63) is 71.1 Å². The monoisotopic (exact) mass is 316 g/mol. The number of hydrogen-bond donors (Lipinski definition) is 1. The van der Waals surface area contributed by atoms with Gasteiger partial charge in [-0.25, -0.2) is 0 Å². The molecule has 2 rings (SSSR count). The summed E-state index contributed by atoms with van der Waals surface area (Å²) in [5.74, 6) is -0.935. The number of carbonyl (C=O) groups is 1. The van der Waals surface area contributed by atoms with Gasteiger partial charge in [-0.1, -0.05) is 10.7 Å². The molecule has 0 saturated carbocycles. The summed E-state index contributed by atoms with van der Waals surface area (Å²) in [7, 11) is 0. The van der Waals surface area contributed by atoms with E-state index in [4.69, 9.17) is 5.11 Å². The van der Waals surface area contributed by atoms with E-state index in [2.05, 4.69) is 17.3 Å². The molecule has 0 atom stereocenters. The van der Waals surface area contributed by atoms with Crippen molar-refractivity contribution < 1.29 is 42.6 Å². The molecule has 89 valence electrons. The van der Waals surface area contributed by atoms with E-state index in [1.807, 2.05) is 0 Å². The molecule has 0 aromatic heterocycles. The van der Waals surface area contributed by atoms with Gasteiger partial charge in [0.15, 0.2) is 0 Å². The fraction of sp³-hybridized carbons (Fsp3) is 0. The summed E-state index contributed by atoms with van der Waals surface area (Å²) in [6, 6.07) is 18.5. The molecule has 4 nitrogen and oxygen atoms in total. The van der Waals surface area contributed by atoms with Crippen molar-refractivity contribution in [3.8, 4) is 0 Å². The average Bonchev–Trinajstić information content (AvgIpc) is 2.41. The molecule has 0 heterocycles. The summed E-state index contributed by atoms with van der Waals surface area (Å²) in [5.41, 5.74) is 0.560. The fourth-order valence-electron chi connectivity index (χ4n) is 0.967. The zero-order valence-electron chi connectivity index (χ0n) is 9.41. The maximum Gasteiger partial charge on any atom is 0.247 e. The molecule has 5 heteroatoms. The van der Waals surface area contributed by atoms with Crippen LogP contribution in [0.4, 0.5) is 5.69 Å². The molecule has 0 fully saturated rings. The Balaban J connectivity index is 0.000000306. The van der Waals surface area contributed by atoms with Crippen LogP contribution in [0.2, 0.25) is 0 Å². The molecule has 0 unspecified atom stereocenters. The molecule has 0 aliphatic carbocycles. The molecular formula is C13H9NO3Y-2. The number of carboxylic acids is 1. The Morgan fingerprint density at radius 2 is 1.67 bits per heavy atom. The van der Waals surface area contributed by atoms with Gasteiger partial charge in [0.2, 0.25) is 5.97 Å². The SMILES string of the molecule is O=C(O)c1[c-]cccc1.O=Nc1[c-]cccc1.[Y]. The Labute approximate surface area is 130 Å². The van der Waals surface area contributed by atoms with Gasteiger partial charge >= 0.3 is 0 Å². The van der Waals surface area contributed by atoms with Crippen LogP contribution in [0.5, 0.6) is 0 Å². The molecule has 0 saturated heterocycles. The van der Waals surface area contributed by atoms with Crippen molar-refractivity contribution in [2.24, 2.45) is 5.18 Å². The van der Waals surface area contributed by atoms with Gasteiger partial charge in [-0.15, -0.1) is 41.3 Å². The van der Waals surface area contributed by atoms with Gasteiger partial charge in [-0.2, -0.15) is 24.3 Å². The predicted molar refractivity (Wildman–Crippen MR) is 63.0 cm³/mol. The Hall–Kier alpha value is -1.39. The van der Waals surface area contributed by atoms with Crippen LogP contribution in [0.3, 0.4) is 0 Å². The number of nitroso groups, excluding NO2 is 1. The molecule has 0 bridgehead atoms. The van der Waals surface area contributed by atoms with Crippen LogP contribution < -0.4 is 0 Å². The normalized spacial score (nSPS) is 8.22. The molecule has 1 N–H and O–H groups in total. The van der Waals surface area contributed by atoms with Crippen LogP contribution in [-0.2, 0) is 32.7 Å². The van der Waals surface area contributed by atoms with Crippen molar-refractivity contribution in [1.82, 2.24) is 0 Å². The van der Waals surface area contributed by atoms with Gasteiger partial charge in [0.1, 0.15) is 0 Å². The Bertz CT molecular complexity index is 474. The summed E-state index contributed by atoms with van der Waals surface area (Å²) >= 11 is 0. The Morgan fingerprint density at radius 3 is 1.94 bits per heavy atom. The Morgan fingerprint density at radius 1 is 1.06 bits per heavy atom. The van der Waals surface area contributed by atoms with Crippen LogP contribution in [0.25, 0.3) is 0 Å². The van der Waals surface area contributed by atoms with E-state index in [9.17, 15) is 9.70 Å². The molecule has 2 aromatic rings. The van der Waals surface area contributed by atoms with Gasteiger partial charge in [-0.3, -0.25) is 0 Å². The van der Waals surface area contributed by atoms with Gasteiger partial charge < -0.3 is 9.90 Å². The molecule has 0 aliphatic rings. The molecule has 2 aromatic carbocycles. The van der Waals surface area contributed by atoms with E-state index in [-0.39, 0.29) is 38.3 Å². The topological polar surface area (TPSA) is 66.7 Å². The van der Waals surface area contributed by atoms with Gasteiger partial charge in [0.05, 0.1) is 0 Å². The third kappa shape index (κ3) is 6.37. The Kier molecular flexibility index (Phi) is 8.88. The summed E-state index contributed by atoms with van der Waals surface area (Å²) in [6.07, 6.45) is 0. The number of carboxylic acid groups (broad SMARTS) is 1. The number of benzene rings is 2. The van der Waals surface area contributed by atoms with E-state index in [1.54, 1.807) is 42.5 Å². The molecule has 0 amide bonds. The molecule has 0 spiro atoms. The van der Waals surface area contributed by atoms with Crippen molar-refractivity contribution in [2.45, 2.75) is 0 Å². The second-order valence-corrected chi connectivity index (χ2v) is 2.92. The van der Waals surface area contributed by atoms with Crippen molar-refractivity contribution in [1.29, 1.82) is 0 Å². The number of nitrogens with zero attached hydrogens (tertiary/aromatic N) is 1. The van der Waals surface area contributed by atoms with E-state index >= 15 is 0 Å². The standard InChI is InChI=1S/C7H5O2.C6H4NO.Y/c8-7(9)6-4-2-1-3-5-6;8-7-6-4-2-1-3-5-6;/h1-4H,(H,8,9);1-4H;/q2*-1;. The summed E-state index contributed by atoms with van der Waals surface area (Å²) in [4.78, 5) is 19.9. The van der Waals surface area contributed by atoms with Crippen molar-refractivity contribution >= 4 is 11.7 Å². The third-order valence-electron chi connectivity index (χ3n) is 1.73. The zero-order chi connectivity index (χ0) is 12.5. The number of hydrogen-bond acceptors (Lipinski definition) is 3. The smallest absolute Gasteiger partial charge is 0.247 e. The minimum absolute atomic E-state index is 0. The molecular weight excluding hydrogens is 307 g/mol. The minimum Gasteiger partial charge on any atom is -0.521 e. The van der Waals surface area contributed by atoms with E-state index < -0.39 is 5.97 Å². The van der Waals surface area contributed by atoms with Crippen LogP contribution in [0.15, 0.2) is 53.7 Å². The maximum atomic E-state index is 10.2. The van der Waals surface area contributed by atoms with Crippen LogP contribution in [0.1, 0.15) is 10.4 Å². The van der Waals surface area contributed by atoms with Crippen LogP contribution >= 0.6 is 0 Å². The molecule has 1 radical (unpaired) electrons. The first-order chi connectivity index (χ1) is 8.24. The van der Waals surface area contributed by atoms with Crippen LogP contribution in [0, 0.1) is 17.0 Å². The second-order valence-electron chi connectivity index (χ2n) is 2.92. The van der Waals surface area contributed by atoms with E-state index in [0.29, 0.717) is 5.69 Å². The van der Waals surface area contributed by atoms with Gasteiger partial charge in [0, 0.05) is 32.7 Å². The number of rotatable bonds is 2. The van der Waals surface area contributed by atoms with E-state index in [0.717, 1.165) is 0 Å². The van der Waals surface area contributed by atoms with Crippen LogP contribution in [-0.4, -0.2) is 11.1 Å². The van der Waals surface area contributed by atoms with Crippen molar-refractivity contribution in [2.75, 3.05) is 0 Å². The van der Waals surface area contributed by atoms with Gasteiger partial charge in [0.25, 0.3) is 0 Å². The summed E-state index contributed by atoms with van der Waals surface area (Å²) in [6.45, 7) is 0. The fourth-order valence-corrected chi connectivity index (χ4v) is 0.967. The maximum absolute atomic E-state index is 10.2. The first-order valence-electron chi connectivity index (χ1n) is 4.74. The third-order valence-corrected chi connectivity index (χ3v) is 1.73. The zero-order valence-corrected chi connectivity index (χ0v) is 12.2. The van der Waals surface area contributed by atoms with E-state index in [1.165, 1.54) is 6.07 Å². The second kappa shape index (κ2) is 9.62. The first kappa shape index (κ1) is 16.6. The minimum atomic E-state index is -0.935.